The maximum Gasteiger partial charge on any atom is 0.252 e. The van der Waals surface area contributed by atoms with Gasteiger partial charge < -0.3 is 10.1 Å². The topological polar surface area (TPSA) is 62.1 Å². The van der Waals surface area contributed by atoms with Crippen molar-refractivity contribution in [2.75, 3.05) is 19.8 Å². The van der Waals surface area contributed by atoms with E-state index in [0.29, 0.717) is 35.9 Å². The standard InChI is InChI=1S/C26H23ClN2O2S/c27-21-8-5-7-20(16-21)26(12-14-31-15-13-26)18-29-25(30)22-9-2-4-11-24(22)32-23-10-3-1-6-19(23)17-28/h1-11,16H,12-15,18H2,(H,29,30). The highest BCUT2D eigenvalue weighted by molar-refractivity contribution is 7.99. The van der Waals surface area contributed by atoms with Gasteiger partial charge in [0.1, 0.15) is 6.07 Å². The van der Waals surface area contributed by atoms with E-state index in [1.807, 2.05) is 60.7 Å². The van der Waals surface area contributed by atoms with Crippen molar-refractivity contribution < 1.29 is 9.53 Å². The molecular formula is C26H23ClN2O2S. The molecular weight excluding hydrogens is 440 g/mol. The fourth-order valence-corrected chi connectivity index (χ4v) is 5.22. The Balaban J connectivity index is 1.56. The minimum Gasteiger partial charge on any atom is -0.381 e. The van der Waals surface area contributed by atoms with Crippen molar-refractivity contribution in [1.29, 1.82) is 5.26 Å². The Morgan fingerprint density at radius 2 is 1.75 bits per heavy atom. The normalized spacial score (nSPS) is 15.0. The van der Waals surface area contributed by atoms with Gasteiger partial charge in [-0.1, -0.05) is 59.8 Å². The molecule has 0 radical (unpaired) electrons. The van der Waals surface area contributed by atoms with Crippen molar-refractivity contribution in [2.45, 2.75) is 28.0 Å². The Morgan fingerprint density at radius 3 is 2.50 bits per heavy atom. The van der Waals surface area contributed by atoms with Crippen LogP contribution in [0.3, 0.4) is 0 Å². The van der Waals surface area contributed by atoms with E-state index in [1.54, 1.807) is 6.07 Å². The summed E-state index contributed by atoms with van der Waals surface area (Å²) in [4.78, 5) is 14.9. The van der Waals surface area contributed by atoms with Gasteiger partial charge in [0.2, 0.25) is 0 Å². The molecule has 1 N–H and O–H groups in total. The number of ether oxygens (including phenoxy) is 1. The number of hydrogen-bond donors (Lipinski definition) is 1. The fraction of sp³-hybridized carbons (Fsp3) is 0.231. The summed E-state index contributed by atoms with van der Waals surface area (Å²) in [6.45, 7) is 1.81. The lowest BCUT2D eigenvalue weighted by Crippen LogP contribution is -2.44. The van der Waals surface area contributed by atoms with Crippen molar-refractivity contribution in [1.82, 2.24) is 5.32 Å². The lowest BCUT2D eigenvalue weighted by atomic mass is 9.74. The first-order valence-electron chi connectivity index (χ1n) is 10.5. The Morgan fingerprint density at radius 1 is 1.03 bits per heavy atom. The number of carbonyl (C=O) groups excluding carboxylic acids is 1. The highest BCUT2D eigenvalue weighted by Crippen LogP contribution is 2.36. The molecule has 1 amide bonds. The summed E-state index contributed by atoms with van der Waals surface area (Å²) in [5, 5.41) is 13.3. The van der Waals surface area contributed by atoms with Crippen molar-refractivity contribution >= 4 is 29.3 Å². The number of rotatable bonds is 6. The summed E-state index contributed by atoms with van der Waals surface area (Å²) in [6, 6.07) is 25.0. The van der Waals surface area contributed by atoms with Gasteiger partial charge in [0.15, 0.2) is 0 Å². The molecule has 1 heterocycles. The predicted octanol–water partition coefficient (Wildman–Crippen LogP) is 5.84. The minimum atomic E-state index is -0.214. The van der Waals surface area contributed by atoms with Gasteiger partial charge in [0.25, 0.3) is 5.91 Å². The zero-order chi connectivity index (χ0) is 22.4. The van der Waals surface area contributed by atoms with Crippen molar-refractivity contribution in [2.24, 2.45) is 0 Å². The smallest absolute Gasteiger partial charge is 0.252 e. The van der Waals surface area contributed by atoms with E-state index in [2.05, 4.69) is 17.5 Å². The highest BCUT2D eigenvalue weighted by atomic mass is 35.5. The predicted molar refractivity (Wildman–Crippen MR) is 127 cm³/mol. The third-order valence-electron chi connectivity index (χ3n) is 5.83. The first-order chi connectivity index (χ1) is 15.6. The van der Waals surface area contributed by atoms with E-state index < -0.39 is 0 Å². The molecule has 0 spiro atoms. The van der Waals surface area contributed by atoms with Crippen molar-refractivity contribution in [3.8, 4) is 6.07 Å². The number of hydrogen-bond acceptors (Lipinski definition) is 4. The minimum absolute atomic E-state index is 0.129. The van der Waals surface area contributed by atoms with Crippen LogP contribution in [0.5, 0.6) is 0 Å². The zero-order valence-corrected chi connectivity index (χ0v) is 19.1. The molecule has 1 aliphatic rings. The average molecular weight is 463 g/mol. The Bertz CT molecular complexity index is 1150. The molecule has 0 aliphatic carbocycles. The Labute approximate surface area is 197 Å². The summed E-state index contributed by atoms with van der Waals surface area (Å²) >= 11 is 7.69. The van der Waals surface area contributed by atoms with Crippen LogP contribution < -0.4 is 5.32 Å². The average Bonchev–Trinajstić information content (AvgIpc) is 2.84. The molecule has 0 aromatic heterocycles. The van der Waals surface area contributed by atoms with E-state index in [4.69, 9.17) is 16.3 Å². The number of nitriles is 1. The van der Waals surface area contributed by atoms with Gasteiger partial charge in [-0.05, 0) is 54.8 Å². The molecule has 32 heavy (non-hydrogen) atoms. The molecule has 0 bridgehead atoms. The van der Waals surface area contributed by atoms with E-state index in [1.165, 1.54) is 11.8 Å². The molecule has 162 valence electrons. The van der Waals surface area contributed by atoms with Gasteiger partial charge in [0, 0.05) is 40.0 Å². The lowest BCUT2D eigenvalue weighted by Gasteiger charge is -2.38. The summed E-state index contributed by atoms with van der Waals surface area (Å²) < 4.78 is 5.60. The maximum absolute atomic E-state index is 13.2. The van der Waals surface area contributed by atoms with Crippen molar-refractivity contribution in [3.63, 3.8) is 0 Å². The molecule has 3 aromatic carbocycles. The number of benzene rings is 3. The third-order valence-corrected chi connectivity index (χ3v) is 7.22. The molecule has 6 heteroatoms. The van der Waals surface area contributed by atoms with Crippen LogP contribution in [0, 0.1) is 11.3 Å². The van der Waals surface area contributed by atoms with Gasteiger partial charge in [-0.25, -0.2) is 0 Å². The number of nitrogens with one attached hydrogen (secondary N) is 1. The Kier molecular flexibility index (Phi) is 7.16. The molecule has 1 fully saturated rings. The lowest BCUT2D eigenvalue weighted by molar-refractivity contribution is 0.0487. The van der Waals surface area contributed by atoms with Gasteiger partial charge >= 0.3 is 0 Å². The summed E-state index contributed by atoms with van der Waals surface area (Å²) in [6.07, 6.45) is 1.64. The van der Waals surface area contributed by atoms with Gasteiger partial charge in [0.05, 0.1) is 11.1 Å². The molecule has 3 aromatic rings. The second-order valence-electron chi connectivity index (χ2n) is 7.79. The van der Waals surface area contributed by atoms with Crippen LogP contribution in [0.1, 0.15) is 34.3 Å². The van der Waals surface area contributed by atoms with Crippen LogP contribution in [0.2, 0.25) is 5.02 Å². The van der Waals surface area contributed by atoms with E-state index in [-0.39, 0.29) is 11.3 Å². The van der Waals surface area contributed by atoms with Crippen LogP contribution in [-0.4, -0.2) is 25.7 Å². The van der Waals surface area contributed by atoms with E-state index in [0.717, 1.165) is 28.2 Å². The van der Waals surface area contributed by atoms with E-state index in [9.17, 15) is 10.1 Å². The van der Waals surface area contributed by atoms with Crippen LogP contribution in [0.4, 0.5) is 0 Å². The maximum atomic E-state index is 13.2. The number of halogens is 1. The Hall–Kier alpha value is -2.78. The summed E-state index contributed by atoms with van der Waals surface area (Å²) in [7, 11) is 0. The second-order valence-corrected chi connectivity index (χ2v) is 9.31. The molecule has 4 rings (SSSR count). The summed E-state index contributed by atoms with van der Waals surface area (Å²) in [5.41, 5.74) is 2.10. The third kappa shape index (κ3) is 4.99. The SMILES string of the molecule is N#Cc1ccccc1Sc1ccccc1C(=O)NCC1(c2cccc(Cl)c2)CCOCC1. The number of nitrogens with zero attached hydrogens (tertiary/aromatic N) is 1. The van der Waals surface area contributed by atoms with Crippen LogP contribution in [-0.2, 0) is 10.2 Å². The number of amides is 1. The zero-order valence-electron chi connectivity index (χ0n) is 17.5. The molecule has 1 saturated heterocycles. The molecule has 0 saturated carbocycles. The molecule has 4 nitrogen and oxygen atoms in total. The first-order valence-corrected chi connectivity index (χ1v) is 11.7. The van der Waals surface area contributed by atoms with Crippen LogP contribution in [0.25, 0.3) is 0 Å². The summed E-state index contributed by atoms with van der Waals surface area (Å²) in [5.74, 6) is -0.129. The van der Waals surface area contributed by atoms with Crippen LogP contribution in [0.15, 0.2) is 82.6 Å². The molecule has 1 aliphatic heterocycles. The first kappa shape index (κ1) is 22.4. The fourth-order valence-electron chi connectivity index (χ4n) is 4.00. The number of carbonyl (C=O) groups is 1. The molecule has 0 atom stereocenters. The largest absolute Gasteiger partial charge is 0.381 e. The highest BCUT2D eigenvalue weighted by Gasteiger charge is 2.35. The van der Waals surface area contributed by atoms with Crippen molar-refractivity contribution in [3.05, 3.63) is 94.5 Å². The monoisotopic (exact) mass is 462 g/mol. The quantitative estimate of drug-likeness (QED) is 0.499. The van der Waals surface area contributed by atoms with Gasteiger partial charge in [-0.15, -0.1) is 0 Å². The van der Waals surface area contributed by atoms with Gasteiger partial charge in [-0.3, -0.25) is 4.79 Å². The van der Waals surface area contributed by atoms with Gasteiger partial charge in [-0.2, -0.15) is 5.26 Å². The van der Waals surface area contributed by atoms with Crippen LogP contribution >= 0.6 is 23.4 Å². The molecule has 0 unspecified atom stereocenters. The van der Waals surface area contributed by atoms with E-state index >= 15 is 0 Å². The second kappa shape index (κ2) is 10.2.